The zero-order valence-electron chi connectivity index (χ0n) is 21.4. The van der Waals surface area contributed by atoms with Gasteiger partial charge in [0.1, 0.15) is 18.7 Å². The van der Waals surface area contributed by atoms with E-state index in [2.05, 4.69) is 10.6 Å². The highest BCUT2D eigenvalue weighted by molar-refractivity contribution is 5.90. The molecule has 37 heavy (non-hydrogen) atoms. The Hall–Kier alpha value is -4.13. The fourth-order valence-corrected chi connectivity index (χ4v) is 4.17. The zero-order chi connectivity index (χ0) is 26.6. The molecule has 2 amide bonds. The summed E-state index contributed by atoms with van der Waals surface area (Å²) in [4.78, 5) is 39.1. The molecule has 0 bridgehead atoms. The van der Waals surface area contributed by atoms with E-state index >= 15 is 0 Å². The number of alkyl carbamates (subject to hydrolysis) is 1. The molecular weight excluding hydrogens is 468 g/mol. The molecule has 2 atom stereocenters. The molecule has 7 nitrogen and oxygen atoms in total. The molecule has 3 aromatic rings. The fraction of sp³-hybridized carbons (Fsp3) is 0.300. The van der Waals surface area contributed by atoms with Gasteiger partial charge in [-0.1, -0.05) is 105 Å². The third-order valence-corrected chi connectivity index (χ3v) is 5.93. The number of esters is 1. The van der Waals surface area contributed by atoms with E-state index in [0.29, 0.717) is 6.42 Å². The van der Waals surface area contributed by atoms with Crippen LogP contribution in [0.4, 0.5) is 4.79 Å². The van der Waals surface area contributed by atoms with Crippen molar-refractivity contribution in [1.29, 1.82) is 0 Å². The van der Waals surface area contributed by atoms with Gasteiger partial charge in [-0.25, -0.2) is 9.59 Å². The fourth-order valence-electron chi connectivity index (χ4n) is 4.17. The minimum atomic E-state index is -1.01. The molecule has 7 heteroatoms. The minimum absolute atomic E-state index is 0.0809. The second-order valence-corrected chi connectivity index (χ2v) is 9.20. The van der Waals surface area contributed by atoms with Gasteiger partial charge in [0.25, 0.3) is 0 Å². The number of nitrogens with one attached hydrogen (secondary N) is 2. The van der Waals surface area contributed by atoms with Gasteiger partial charge in [0.15, 0.2) is 0 Å². The number of amides is 2. The highest BCUT2D eigenvalue weighted by Crippen LogP contribution is 2.29. The number of methoxy groups -OCH3 is 1. The van der Waals surface area contributed by atoms with Crippen molar-refractivity contribution in [3.63, 3.8) is 0 Å². The molecule has 0 aliphatic rings. The molecule has 0 aliphatic carbocycles. The monoisotopic (exact) mass is 502 g/mol. The maximum atomic E-state index is 13.5. The van der Waals surface area contributed by atoms with Crippen molar-refractivity contribution in [2.75, 3.05) is 7.11 Å². The van der Waals surface area contributed by atoms with Crippen LogP contribution in [0.2, 0.25) is 0 Å². The van der Waals surface area contributed by atoms with E-state index in [1.807, 2.05) is 105 Å². The summed E-state index contributed by atoms with van der Waals surface area (Å²) < 4.78 is 10.4. The van der Waals surface area contributed by atoms with Crippen molar-refractivity contribution in [2.45, 2.75) is 44.9 Å². The summed E-state index contributed by atoms with van der Waals surface area (Å²) in [6, 6.07) is 26.3. The molecule has 0 aromatic heterocycles. The molecule has 0 saturated heterocycles. The lowest BCUT2D eigenvalue weighted by molar-refractivity contribution is -0.145. The maximum Gasteiger partial charge on any atom is 0.408 e. The summed E-state index contributed by atoms with van der Waals surface area (Å²) in [5.74, 6) is -1.47. The van der Waals surface area contributed by atoms with Gasteiger partial charge >= 0.3 is 12.1 Å². The smallest absolute Gasteiger partial charge is 0.408 e. The number of hydrogen-bond donors (Lipinski definition) is 2. The van der Waals surface area contributed by atoms with E-state index in [1.54, 1.807) is 0 Å². The highest BCUT2D eigenvalue weighted by Gasteiger charge is 2.35. The van der Waals surface area contributed by atoms with Gasteiger partial charge in [-0.15, -0.1) is 0 Å². The Morgan fingerprint density at radius 1 is 0.757 bits per heavy atom. The summed E-state index contributed by atoms with van der Waals surface area (Å²) in [6.45, 7) is 3.98. The largest absolute Gasteiger partial charge is 0.467 e. The Morgan fingerprint density at radius 2 is 1.27 bits per heavy atom. The van der Waals surface area contributed by atoms with E-state index in [4.69, 9.17) is 9.47 Å². The van der Waals surface area contributed by atoms with Crippen LogP contribution < -0.4 is 10.6 Å². The average molecular weight is 503 g/mol. The lowest BCUT2D eigenvalue weighted by atomic mass is 9.84. The van der Waals surface area contributed by atoms with Crippen LogP contribution >= 0.6 is 0 Å². The van der Waals surface area contributed by atoms with Crippen molar-refractivity contribution >= 4 is 18.0 Å². The molecule has 194 valence electrons. The van der Waals surface area contributed by atoms with Gasteiger partial charge < -0.3 is 20.1 Å². The maximum absolute atomic E-state index is 13.5. The Balaban J connectivity index is 1.82. The summed E-state index contributed by atoms with van der Waals surface area (Å²) in [5, 5.41) is 5.54. The highest BCUT2D eigenvalue weighted by atomic mass is 16.5. The van der Waals surface area contributed by atoms with Crippen LogP contribution in [0.25, 0.3) is 0 Å². The summed E-state index contributed by atoms with van der Waals surface area (Å²) in [6.07, 6.45) is -0.344. The van der Waals surface area contributed by atoms with Crippen molar-refractivity contribution in [2.24, 2.45) is 5.92 Å². The molecule has 3 aromatic carbocycles. The van der Waals surface area contributed by atoms with Gasteiger partial charge in [0.05, 0.1) is 7.11 Å². The first-order valence-electron chi connectivity index (χ1n) is 12.3. The Bertz CT molecular complexity index is 1100. The van der Waals surface area contributed by atoms with Crippen LogP contribution in [-0.2, 0) is 25.7 Å². The number of benzene rings is 3. The van der Waals surface area contributed by atoms with Gasteiger partial charge in [0.2, 0.25) is 5.91 Å². The summed E-state index contributed by atoms with van der Waals surface area (Å²) >= 11 is 0. The molecule has 0 saturated carbocycles. The van der Waals surface area contributed by atoms with E-state index in [1.165, 1.54) is 7.11 Å². The van der Waals surface area contributed by atoms with E-state index in [0.717, 1.165) is 16.7 Å². The first-order chi connectivity index (χ1) is 17.9. The molecule has 0 spiro atoms. The topological polar surface area (TPSA) is 93.7 Å². The molecule has 2 N–H and O–H groups in total. The molecule has 0 fully saturated rings. The van der Waals surface area contributed by atoms with E-state index in [9.17, 15) is 14.4 Å². The first kappa shape index (κ1) is 27.5. The van der Waals surface area contributed by atoms with Crippen molar-refractivity contribution in [3.8, 4) is 0 Å². The molecule has 3 rings (SSSR count). The van der Waals surface area contributed by atoms with Crippen LogP contribution in [0.5, 0.6) is 0 Å². The van der Waals surface area contributed by atoms with Crippen LogP contribution in [0.15, 0.2) is 91.0 Å². The molecular formula is C30H34N2O5. The zero-order valence-corrected chi connectivity index (χ0v) is 21.4. The number of rotatable bonds is 11. The summed E-state index contributed by atoms with van der Waals surface area (Å²) in [7, 11) is 1.29. The van der Waals surface area contributed by atoms with Gasteiger partial charge in [-0.05, 0) is 29.0 Å². The van der Waals surface area contributed by atoms with E-state index < -0.39 is 36.0 Å². The predicted octanol–water partition coefficient (Wildman–Crippen LogP) is 4.82. The number of hydrogen-bond acceptors (Lipinski definition) is 5. The standard InChI is InChI=1S/C30H34N2O5/c1-21(2)19-25(31-30(35)37-20-22-13-7-4-8-14-22)28(33)32-27(29(34)36-3)26(23-15-9-5-10-16-23)24-17-11-6-12-18-24/h4-18,21,25-27H,19-20H2,1-3H3,(H,31,35)(H,32,33)/t25-,27+/m0/s1. The third kappa shape index (κ3) is 8.20. The summed E-state index contributed by atoms with van der Waals surface area (Å²) in [5.41, 5.74) is 2.53. The molecule has 0 aliphatic heterocycles. The number of carbonyl (C=O) groups excluding carboxylic acids is 3. The van der Waals surface area contributed by atoms with Gasteiger partial charge in [-0.3, -0.25) is 4.79 Å². The second kappa shape index (κ2) is 13.8. The molecule has 0 radical (unpaired) electrons. The Morgan fingerprint density at radius 3 is 1.76 bits per heavy atom. The lowest BCUT2D eigenvalue weighted by Crippen LogP contribution is -2.54. The Kier molecular flexibility index (Phi) is 10.3. The predicted molar refractivity (Wildman–Crippen MR) is 142 cm³/mol. The van der Waals surface area contributed by atoms with Crippen LogP contribution in [-0.4, -0.2) is 37.2 Å². The SMILES string of the molecule is COC(=O)[C@H](NC(=O)[C@H](CC(C)C)NC(=O)OCc1ccccc1)C(c1ccccc1)c1ccccc1. The first-order valence-corrected chi connectivity index (χ1v) is 12.3. The van der Waals surface area contributed by atoms with Crippen LogP contribution in [0.1, 0.15) is 42.9 Å². The molecule has 0 heterocycles. The van der Waals surface area contributed by atoms with Crippen LogP contribution in [0.3, 0.4) is 0 Å². The minimum Gasteiger partial charge on any atom is -0.467 e. The van der Waals surface area contributed by atoms with Crippen molar-refractivity contribution in [1.82, 2.24) is 10.6 Å². The van der Waals surface area contributed by atoms with Gasteiger partial charge in [-0.2, -0.15) is 0 Å². The van der Waals surface area contributed by atoms with Gasteiger partial charge in [0, 0.05) is 5.92 Å². The molecule has 0 unspecified atom stereocenters. The van der Waals surface area contributed by atoms with Crippen molar-refractivity contribution in [3.05, 3.63) is 108 Å². The second-order valence-electron chi connectivity index (χ2n) is 9.20. The number of carbonyl (C=O) groups is 3. The lowest BCUT2D eigenvalue weighted by Gasteiger charge is -2.29. The number of ether oxygens (including phenoxy) is 2. The average Bonchev–Trinajstić information content (AvgIpc) is 2.92. The Labute approximate surface area is 218 Å². The van der Waals surface area contributed by atoms with Crippen molar-refractivity contribution < 1.29 is 23.9 Å². The normalized spacial score (nSPS) is 12.5. The third-order valence-electron chi connectivity index (χ3n) is 5.93. The van der Waals surface area contributed by atoms with E-state index in [-0.39, 0.29) is 12.5 Å². The quantitative estimate of drug-likeness (QED) is 0.367. The van der Waals surface area contributed by atoms with Crippen LogP contribution in [0, 0.1) is 5.92 Å².